The molecule has 0 atom stereocenters. The van der Waals surface area contributed by atoms with Crippen molar-refractivity contribution >= 4 is 11.6 Å². The van der Waals surface area contributed by atoms with Crippen LogP contribution in [0.2, 0.25) is 5.02 Å². The lowest BCUT2D eigenvalue weighted by atomic mass is 9.92. The van der Waals surface area contributed by atoms with E-state index in [1.54, 1.807) is 12.1 Å². The largest absolute Gasteiger partial charge is 0.489 e. The number of halogens is 2. The van der Waals surface area contributed by atoms with Crippen molar-refractivity contribution in [1.82, 2.24) is 0 Å². The van der Waals surface area contributed by atoms with Gasteiger partial charge in [0.05, 0.1) is 0 Å². The van der Waals surface area contributed by atoms with E-state index in [-0.39, 0.29) is 12.4 Å². The van der Waals surface area contributed by atoms with E-state index in [4.69, 9.17) is 16.3 Å². The highest BCUT2D eigenvalue weighted by Gasteiger charge is 2.10. The van der Waals surface area contributed by atoms with Gasteiger partial charge >= 0.3 is 0 Å². The Hall–Kier alpha value is -1.54. The molecule has 0 saturated heterocycles. The van der Waals surface area contributed by atoms with Crippen LogP contribution in [0.4, 0.5) is 4.39 Å². The molecule has 0 amide bonds. The molecule has 2 aromatic carbocycles. The van der Waals surface area contributed by atoms with E-state index in [1.165, 1.54) is 30.0 Å². The van der Waals surface area contributed by atoms with Crippen molar-refractivity contribution in [2.75, 3.05) is 0 Å². The summed E-state index contributed by atoms with van der Waals surface area (Å²) in [4.78, 5) is 0. The maximum atomic E-state index is 13.7. The third-order valence-electron chi connectivity index (χ3n) is 3.73. The number of rotatable bonds is 3. The molecule has 2 aromatic rings. The Morgan fingerprint density at radius 2 is 1.80 bits per heavy atom. The minimum absolute atomic E-state index is 0.224. The fourth-order valence-corrected chi connectivity index (χ4v) is 2.76. The fourth-order valence-electron chi connectivity index (χ4n) is 2.60. The molecule has 1 aliphatic rings. The number of aryl methyl sites for hydroxylation is 2. The number of fused-ring (bicyclic) bond motifs is 1. The molecular formula is C17H16ClFO. The molecule has 1 aliphatic carbocycles. The van der Waals surface area contributed by atoms with Crippen molar-refractivity contribution in [2.45, 2.75) is 32.3 Å². The molecule has 0 aromatic heterocycles. The second-order valence-corrected chi connectivity index (χ2v) is 5.60. The highest BCUT2D eigenvalue weighted by Crippen LogP contribution is 2.26. The van der Waals surface area contributed by atoms with E-state index in [0.717, 1.165) is 18.6 Å². The van der Waals surface area contributed by atoms with E-state index >= 15 is 0 Å². The molecule has 0 aliphatic heterocycles. The molecule has 20 heavy (non-hydrogen) atoms. The highest BCUT2D eigenvalue weighted by molar-refractivity contribution is 6.30. The van der Waals surface area contributed by atoms with Crippen molar-refractivity contribution in [3.63, 3.8) is 0 Å². The first-order valence-corrected chi connectivity index (χ1v) is 7.29. The second-order valence-electron chi connectivity index (χ2n) is 5.16. The standard InChI is InChI=1S/C17H16ClFO/c18-15-7-5-14(17(19)10-15)11-20-16-8-6-12-3-1-2-4-13(12)9-16/h5-10H,1-4,11H2. The van der Waals surface area contributed by atoms with Gasteiger partial charge < -0.3 is 4.74 Å². The van der Waals surface area contributed by atoms with Gasteiger partial charge in [0.1, 0.15) is 18.2 Å². The summed E-state index contributed by atoms with van der Waals surface area (Å²) in [5, 5.41) is 0.403. The van der Waals surface area contributed by atoms with Crippen LogP contribution in [-0.2, 0) is 19.4 Å². The topological polar surface area (TPSA) is 9.23 Å². The maximum absolute atomic E-state index is 13.7. The van der Waals surface area contributed by atoms with Crippen molar-refractivity contribution in [3.8, 4) is 5.75 Å². The number of hydrogen-bond acceptors (Lipinski definition) is 1. The highest BCUT2D eigenvalue weighted by atomic mass is 35.5. The first-order valence-electron chi connectivity index (χ1n) is 6.91. The van der Waals surface area contributed by atoms with Crippen LogP contribution in [0.3, 0.4) is 0 Å². The third-order valence-corrected chi connectivity index (χ3v) is 3.96. The molecule has 0 bridgehead atoms. The molecular weight excluding hydrogens is 275 g/mol. The van der Waals surface area contributed by atoms with Crippen molar-refractivity contribution in [1.29, 1.82) is 0 Å². The SMILES string of the molecule is Fc1cc(Cl)ccc1COc1ccc2c(c1)CCCC2. The van der Waals surface area contributed by atoms with Gasteiger partial charge in [0.25, 0.3) is 0 Å². The van der Waals surface area contributed by atoms with E-state index in [9.17, 15) is 4.39 Å². The molecule has 0 saturated carbocycles. The molecule has 0 spiro atoms. The van der Waals surface area contributed by atoms with Crippen molar-refractivity contribution < 1.29 is 9.13 Å². The summed E-state index contributed by atoms with van der Waals surface area (Å²) in [6.45, 7) is 0.224. The molecule has 0 heterocycles. The number of hydrogen-bond donors (Lipinski definition) is 0. The Balaban J connectivity index is 1.72. The molecule has 3 heteroatoms. The fraction of sp³-hybridized carbons (Fsp3) is 0.294. The zero-order valence-electron chi connectivity index (χ0n) is 11.2. The average molecular weight is 291 g/mol. The van der Waals surface area contributed by atoms with Crippen LogP contribution in [0.15, 0.2) is 36.4 Å². The van der Waals surface area contributed by atoms with Crippen LogP contribution < -0.4 is 4.74 Å². The zero-order chi connectivity index (χ0) is 13.9. The van der Waals surface area contributed by atoms with Gasteiger partial charge in [0.2, 0.25) is 0 Å². The van der Waals surface area contributed by atoms with Crippen LogP contribution in [0.1, 0.15) is 29.5 Å². The van der Waals surface area contributed by atoms with Gasteiger partial charge in [0, 0.05) is 10.6 Å². The normalized spacial score (nSPS) is 13.9. The smallest absolute Gasteiger partial charge is 0.131 e. The van der Waals surface area contributed by atoms with Gasteiger partial charge in [-0.1, -0.05) is 23.7 Å². The van der Waals surface area contributed by atoms with Gasteiger partial charge in [-0.2, -0.15) is 0 Å². The van der Waals surface area contributed by atoms with Crippen LogP contribution in [0.5, 0.6) is 5.75 Å². The van der Waals surface area contributed by atoms with E-state index in [2.05, 4.69) is 12.1 Å². The summed E-state index contributed by atoms with van der Waals surface area (Å²) in [5.74, 6) is 0.482. The van der Waals surface area contributed by atoms with E-state index in [0.29, 0.717) is 10.6 Å². The minimum atomic E-state index is -0.324. The Kier molecular flexibility index (Phi) is 3.93. The summed E-state index contributed by atoms with van der Waals surface area (Å²) in [6.07, 6.45) is 4.77. The first-order chi connectivity index (χ1) is 9.72. The quantitative estimate of drug-likeness (QED) is 0.778. The van der Waals surface area contributed by atoms with Crippen molar-refractivity contribution in [3.05, 3.63) is 63.9 Å². The number of ether oxygens (including phenoxy) is 1. The van der Waals surface area contributed by atoms with E-state index < -0.39 is 0 Å². The summed E-state index contributed by atoms with van der Waals surface area (Å²) < 4.78 is 19.4. The molecule has 0 unspecified atom stereocenters. The third kappa shape index (κ3) is 2.96. The lowest BCUT2D eigenvalue weighted by Crippen LogP contribution is -2.04. The lowest BCUT2D eigenvalue weighted by molar-refractivity contribution is 0.299. The monoisotopic (exact) mass is 290 g/mol. The van der Waals surface area contributed by atoms with Crippen molar-refractivity contribution in [2.24, 2.45) is 0 Å². The Bertz CT molecular complexity index is 624. The van der Waals surface area contributed by atoms with Gasteiger partial charge in [-0.05, 0) is 61.1 Å². The molecule has 0 radical (unpaired) electrons. The van der Waals surface area contributed by atoms with Gasteiger partial charge in [-0.15, -0.1) is 0 Å². The van der Waals surface area contributed by atoms with Crippen LogP contribution in [0.25, 0.3) is 0 Å². The van der Waals surface area contributed by atoms with Gasteiger partial charge in [0.15, 0.2) is 0 Å². The Morgan fingerprint density at radius 3 is 2.60 bits per heavy atom. The maximum Gasteiger partial charge on any atom is 0.131 e. The predicted octanol–water partition coefficient (Wildman–Crippen LogP) is 4.94. The van der Waals surface area contributed by atoms with Crippen LogP contribution in [-0.4, -0.2) is 0 Å². The first kappa shape index (κ1) is 13.4. The summed E-state index contributed by atoms with van der Waals surface area (Å²) >= 11 is 5.73. The van der Waals surface area contributed by atoms with Crippen LogP contribution >= 0.6 is 11.6 Å². The van der Waals surface area contributed by atoms with E-state index in [1.807, 2.05) is 6.07 Å². The van der Waals surface area contributed by atoms with Gasteiger partial charge in [-0.3, -0.25) is 0 Å². The molecule has 3 rings (SSSR count). The Morgan fingerprint density at radius 1 is 1.00 bits per heavy atom. The number of benzene rings is 2. The summed E-state index contributed by atoms with van der Waals surface area (Å²) in [6, 6.07) is 10.8. The average Bonchev–Trinajstić information content (AvgIpc) is 2.46. The summed E-state index contributed by atoms with van der Waals surface area (Å²) in [7, 11) is 0. The Labute approximate surface area is 123 Å². The predicted molar refractivity (Wildman–Crippen MR) is 78.8 cm³/mol. The minimum Gasteiger partial charge on any atom is -0.489 e. The molecule has 104 valence electrons. The molecule has 0 fully saturated rings. The molecule has 0 N–H and O–H groups in total. The van der Waals surface area contributed by atoms with Crippen LogP contribution in [0, 0.1) is 5.82 Å². The van der Waals surface area contributed by atoms with Gasteiger partial charge in [-0.25, -0.2) is 4.39 Å². The second kappa shape index (κ2) is 5.84. The zero-order valence-corrected chi connectivity index (χ0v) is 11.9. The summed E-state index contributed by atoms with van der Waals surface area (Å²) in [5.41, 5.74) is 3.30. The lowest BCUT2D eigenvalue weighted by Gasteiger charge is -2.17. The molecule has 1 nitrogen and oxygen atoms in total.